The summed E-state index contributed by atoms with van der Waals surface area (Å²) in [4.78, 5) is 26.8. The molecule has 1 N–H and O–H groups in total. The molecule has 3 saturated carbocycles. The van der Waals surface area contributed by atoms with Crippen LogP contribution in [-0.2, 0) is 25.3 Å². The van der Waals surface area contributed by atoms with Crippen LogP contribution in [0.1, 0.15) is 58.4 Å². The second-order valence-corrected chi connectivity index (χ2v) is 11.6. The molecule has 2 amide bonds. The first-order valence-electron chi connectivity index (χ1n) is 13.2. The van der Waals surface area contributed by atoms with E-state index in [1.807, 2.05) is 36.4 Å². The molecule has 6 atom stereocenters. The number of nitrogens with one attached hydrogen (secondary N) is 1. The number of hydrogen-bond donors (Lipinski definition) is 1. The molecule has 8 nitrogen and oxygen atoms in total. The highest BCUT2D eigenvalue weighted by atomic mass is 16.7. The lowest BCUT2D eigenvalue weighted by atomic mass is 9.43. The molecule has 0 spiro atoms. The van der Waals surface area contributed by atoms with Gasteiger partial charge in [-0.3, -0.25) is 4.79 Å². The zero-order valence-electron chi connectivity index (χ0n) is 21.4. The summed E-state index contributed by atoms with van der Waals surface area (Å²) in [5.41, 5.74) is 0.945. The van der Waals surface area contributed by atoms with E-state index < -0.39 is 25.3 Å². The number of piperidine rings is 1. The van der Waals surface area contributed by atoms with Gasteiger partial charge in [0.25, 0.3) is 0 Å². The molecule has 2 heterocycles. The maximum atomic E-state index is 13.0. The molecule has 2 saturated heterocycles. The maximum absolute atomic E-state index is 13.0. The molecule has 2 bridgehead atoms. The molecule has 1 aromatic rings. The Labute approximate surface area is 213 Å². The third-order valence-electron chi connectivity index (χ3n) is 9.13. The third-order valence-corrected chi connectivity index (χ3v) is 9.13. The van der Waals surface area contributed by atoms with E-state index in [2.05, 4.69) is 26.1 Å². The molecular weight excluding hydrogens is 457 g/mol. The Morgan fingerprint density at radius 3 is 2.78 bits per heavy atom. The van der Waals surface area contributed by atoms with Gasteiger partial charge in [-0.15, -0.1) is 0 Å². The Kier molecular flexibility index (Phi) is 6.77. The molecule has 36 heavy (non-hydrogen) atoms. The number of nitrogens with zero attached hydrogens (tertiary/aromatic N) is 2. The van der Waals surface area contributed by atoms with Gasteiger partial charge in [0, 0.05) is 6.54 Å². The van der Waals surface area contributed by atoms with E-state index in [4.69, 9.17) is 19.3 Å². The molecule has 1 aromatic carbocycles. The average Bonchev–Trinajstić information content (AvgIpc) is 3.21. The molecular formula is C27H36BN3O5. The highest BCUT2D eigenvalue weighted by Crippen LogP contribution is 2.65. The number of hydrogen-bond acceptors (Lipinski definition) is 6. The van der Waals surface area contributed by atoms with Gasteiger partial charge in [0.05, 0.1) is 30.3 Å². The van der Waals surface area contributed by atoms with Crippen LogP contribution < -0.4 is 5.32 Å². The molecule has 2 aliphatic heterocycles. The lowest BCUT2D eigenvalue weighted by molar-refractivity contribution is -0.199. The molecule has 5 fully saturated rings. The number of carbonyl (C=O) groups excluding carboxylic acids is 2. The predicted octanol–water partition coefficient (Wildman–Crippen LogP) is 3.50. The van der Waals surface area contributed by atoms with Gasteiger partial charge in [-0.05, 0) is 61.8 Å². The Hall–Kier alpha value is -2.57. The van der Waals surface area contributed by atoms with Crippen LogP contribution in [0.2, 0.25) is 0 Å². The predicted molar refractivity (Wildman–Crippen MR) is 133 cm³/mol. The number of alkyl carbamates (subject to hydrolysis) is 1. The largest absolute Gasteiger partial charge is 0.482 e. The number of likely N-dealkylation sites (tertiary alicyclic amines) is 1. The molecule has 0 aromatic heterocycles. The number of carbonyl (C=O) groups is 2. The van der Waals surface area contributed by atoms with E-state index in [9.17, 15) is 9.59 Å². The Bertz CT molecular complexity index is 1030. The van der Waals surface area contributed by atoms with E-state index in [1.165, 1.54) is 0 Å². The van der Waals surface area contributed by atoms with Gasteiger partial charge in [0.1, 0.15) is 12.5 Å². The van der Waals surface area contributed by atoms with Crippen LogP contribution in [0.25, 0.3) is 0 Å². The summed E-state index contributed by atoms with van der Waals surface area (Å²) in [5, 5.41) is 11.9. The first-order chi connectivity index (χ1) is 17.2. The Balaban J connectivity index is 1.26. The summed E-state index contributed by atoms with van der Waals surface area (Å²) in [7, 11) is -0.567. The standard InChI is InChI=1S/C27H36BN3O5/c1-26(2)19-15-21(26)27(3)22(16-19)35-28(36-27)23(14-18-8-5-4-6-9-18)30-25(33)34-20-10-7-13-31(17-20)24(32)11-12-29/h4-6,8-9,19-23H,7,10-11,13-17H2,1-3H3,(H,30,33)/t19-,20+,21-,22+,23-,27-/m0/s1. The van der Waals surface area contributed by atoms with Crippen LogP contribution in [0.5, 0.6) is 0 Å². The summed E-state index contributed by atoms with van der Waals surface area (Å²) in [5.74, 6) is 0.439. The Morgan fingerprint density at radius 2 is 2.06 bits per heavy atom. The summed E-state index contributed by atoms with van der Waals surface area (Å²) in [6.07, 6.45) is 3.03. The fourth-order valence-corrected chi connectivity index (χ4v) is 6.93. The zero-order chi connectivity index (χ0) is 25.5. The number of nitriles is 1. The average molecular weight is 493 g/mol. The second kappa shape index (κ2) is 9.72. The van der Waals surface area contributed by atoms with Gasteiger partial charge in [-0.25, -0.2) is 4.79 Å². The van der Waals surface area contributed by atoms with Crippen molar-refractivity contribution in [2.24, 2.45) is 17.3 Å². The van der Waals surface area contributed by atoms with Crippen molar-refractivity contribution >= 4 is 19.1 Å². The molecule has 6 rings (SSSR count). The van der Waals surface area contributed by atoms with E-state index in [0.29, 0.717) is 37.8 Å². The monoisotopic (exact) mass is 493 g/mol. The molecule has 0 unspecified atom stereocenters. The van der Waals surface area contributed by atoms with E-state index in [-0.39, 0.29) is 29.4 Å². The smallest absolute Gasteiger partial charge is 0.444 e. The zero-order valence-corrected chi connectivity index (χ0v) is 21.4. The molecule has 192 valence electrons. The van der Waals surface area contributed by atoms with Crippen molar-refractivity contribution in [2.75, 3.05) is 13.1 Å². The number of benzene rings is 1. The summed E-state index contributed by atoms with van der Waals surface area (Å²) in [6.45, 7) is 7.73. The lowest BCUT2D eigenvalue weighted by Gasteiger charge is -2.64. The summed E-state index contributed by atoms with van der Waals surface area (Å²) >= 11 is 0. The fraction of sp³-hybridized carbons (Fsp3) is 0.667. The van der Waals surface area contributed by atoms with Crippen molar-refractivity contribution in [1.82, 2.24) is 10.2 Å². The number of amides is 2. The van der Waals surface area contributed by atoms with Gasteiger partial charge in [-0.1, -0.05) is 44.2 Å². The summed E-state index contributed by atoms with van der Waals surface area (Å²) < 4.78 is 18.9. The van der Waals surface area contributed by atoms with Crippen molar-refractivity contribution in [3.05, 3.63) is 35.9 Å². The van der Waals surface area contributed by atoms with Crippen LogP contribution in [0.3, 0.4) is 0 Å². The minimum Gasteiger partial charge on any atom is -0.444 e. The summed E-state index contributed by atoms with van der Waals surface area (Å²) in [6, 6.07) is 11.9. The molecule has 9 heteroatoms. The van der Waals surface area contributed by atoms with Gasteiger partial charge in [0.2, 0.25) is 5.91 Å². The SMILES string of the molecule is CC1(C)[C@@H]2C[C@H]3OB([C@H](Cc4ccccc4)NC(=O)O[C@@H]4CCCN(C(=O)CC#N)C4)O[C@@]3(C)[C@H]1C2. The van der Waals surface area contributed by atoms with E-state index in [1.54, 1.807) is 4.90 Å². The highest BCUT2D eigenvalue weighted by molar-refractivity contribution is 6.47. The van der Waals surface area contributed by atoms with E-state index in [0.717, 1.165) is 24.8 Å². The van der Waals surface area contributed by atoms with Gasteiger partial charge < -0.3 is 24.3 Å². The highest BCUT2D eigenvalue weighted by Gasteiger charge is 2.68. The quantitative estimate of drug-likeness (QED) is 0.609. The van der Waals surface area contributed by atoms with Gasteiger partial charge >= 0.3 is 13.2 Å². The number of ether oxygens (including phenoxy) is 1. The first kappa shape index (κ1) is 25.1. The lowest BCUT2D eigenvalue weighted by Crippen LogP contribution is -2.65. The topological polar surface area (TPSA) is 101 Å². The van der Waals surface area contributed by atoms with Gasteiger partial charge in [0.15, 0.2) is 0 Å². The first-order valence-corrected chi connectivity index (χ1v) is 13.2. The van der Waals surface area contributed by atoms with Crippen molar-refractivity contribution < 1.29 is 23.6 Å². The van der Waals surface area contributed by atoms with Crippen molar-refractivity contribution in [2.45, 2.75) is 83.0 Å². The van der Waals surface area contributed by atoms with Crippen LogP contribution in [-0.4, -0.2) is 60.9 Å². The molecule has 3 aliphatic carbocycles. The van der Waals surface area contributed by atoms with Crippen LogP contribution >= 0.6 is 0 Å². The molecule has 0 radical (unpaired) electrons. The normalized spacial score (nSPS) is 33.1. The number of rotatable bonds is 6. The van der Waals surface area contributed by atoms with Crippen molar-refractivity contribution in [3.63, 3.8) is 0 Å². The Morgan fingerprint density at radius 1 is 1.28 bits per heavy atom. The minimum atomic E-state index is -0.567. The second-order valence-electron chi connectivity index (χ2n) is 11.6. The van der Waals surface area contributed by atoms with Crippen molar-refractivity contribution in [1.29, 1.82) is 5.26 Å². The minimum absolute atomic E-state index is 0.0217. The third kappa shape index (κ3) is 4.61. The van der Waals surface area contributed by atoms with E-state index >= 15 is 0 Å². The molecule has 5 aliphatic rings. The van der Waals surface area contributed by atoms with Crippen LogP contribution in [0.15, 0.2) is 30.3 Å². The van der Waals surface area contributed by atoms with Gasteiger partial charge in [-0.2, -0.15) is 5.26 Å². The van der Waals surface area contributed by atoms with Crippen LogP contribution in [0, 0.1) is 28.6 Å². The van der Waals surface area contributed by atoms with Crippen LogP contribution in [0.4, 0.5) is 4.79 Å². The van der Waals surface area contributed by atoms with Crippen molar-refractivity contribution in [3.8, 4) is 6.07 Å². The maximum Gasteiger partial charge on any atom is 0.482 e. The fourth-order valence-electron chi connectivity index (χ4n) is 6.93.